The molecule has 7 nitrogen and oxygen atoms in total. The second kappa shape index (κ2) is 11.2. The van der Waals surface area contributed by atoms with E-state index in [0.29, 0.717) is 32.8 Å². The van der Waals surface area contributed by atoms with Crippen molar-refractivity contribution in [3.63, 3.8) is 0 Å². The Morgan fingerprint density at radius 2 is 1.66 bits per heavy atom. The van der Waals surface area contributed by atoms with Crippen molar-refractivity contribution < 1.29 is 28.7 Å². The lowest BCUT2D eigenvalue weighted by Gasteiger charge is -2.26. The molecule has 0 radical (unpaired) electrons. The number of aliphatic carboxylic acids is 1. The fourth-order valence-electron chi connectivity index (χ4n) is 6.16. The molecule has 0 atom stereocenters. The Balaban J connectivity index is 1.54. The maximum Gasteiger partial charge on any atom is 0.363 e. The predicted octanol–water partition coefficient (Wildman–Crippen LogP) is 5.95. The SMILES string of the molecule is CC1(C)/C(=C/C=C/C=C/C2=[N+](CCOC=O)C(C)(C)CO2)N(CCC(=O)O)c2c1c1ccccc1c1ccccc21. The van der Waals surface area contributed by atoms with Crippen molar-refractivity contribution in [3.8, 4) is 0 Å². The number of benzene rings is 3. The highest BCUT2D eigenvalue weighted by Crippen LogP contribution is 2.54. The minimum atomic E-state index is -0.821. The molecule has 1 N–H and O–H groups in total. The Bertz CT molecular complexity index is 1630. The highest BCUT2D eigenvalue weighted by atomic mass is 16.5. The average molecular weight is 554 g/mol. The first kappa shape index (κ1) is 28.1. The maximum atomic E-state index is 11.7. The molecule has 212 valence electrons. The number of carbonyl (C=O) groups excluding carboxylic acids is 1. The van der Waals surface area contributed by atoms with Crippen LogP contribution in [0.4, 0.5) is 5.69 Å². The summed E-state index contributed by atoms with van der Waals surface area (Å²) >= 11 is 0. The fraction of sp³-hybridized carbons (Fsp3) is 0.324. The van der Waals surface area contributed by atoms with Crippen LogP contribution in [0.5, 0.6) is 0 Å². The second-order valence-corrected chi connectivity index (χ2v) is 11.6. The molecular weight excluding hydrogens is 516 g/mol. The molecule has 0 amide bonds. The van der Waals surface area contributed by atoms with Crippen molar-refractivity contribution >= 4 is 45.6 Å². The lowest BCUT2D eigenvalue weighted by molar-refractivity contribution is -0.590. The fourth-order valence-corrected chi connectivity index (χ4v) is 6.16. The van der Waals surface area contributed by atoms with Crippen LogP contribution in [0.15, 0.2) is 84.6 Å². The van der Waals surface area contributed by atoms with Crippen LogP contribution >= 0.6 is 0 Å². The van der Waals surface area contributed by atoms with E-state index in [1.54, 1.807) is 0 Å². The number of anilines is 1. The number of hydrogen-bond donors (Lipinski definition) is 1. The summed E-state index contributed by atoms with van der Waals surface area (Å²) in [5.74, 6) is -0.0878. The van der Waals surface area contributed by atoms with E-state index in [2.05, 4.69) is 85.7 Å². The van der Waals surface area contributed by atoms with Gasteiger partial charge in [-0.25, -0.2) is 0 Å². The first-order valence-corrected chi connectivity index (χ1v) is 14.0. The van der Waals surface area contributed by atoms with Gasteiger partial charge in [-0.15, -0.1) is 0 Å². The lowest BCUT2D eigenvalue weighted by atomic mass is 9.80. The van der Waals surface area contributed by atoms with Gasteiger partial charge in [-0.1, -0.05) is 80.6 Å². The van der Waals surface area contributed by atoms with Crippen LogP contribution in [0.2, 0.25) is 0 Å². The second-order valence-electron chi connectivity index (χ2n) is 11.6. The molecule has 0 spiro atoms. The summed E-state index contributed by atoms with van der Waals surface area (Å²) in [5, 5.41) is 14.3. The van der Waals surface area contributed by atoms with Gasteiger partial charge in [-0.05, 0) is 27.8 Å². The number of ether oxygens (including phenoxy) is 2. The Labute approximate surface area is 240 Å². The molecule has 3 aromatic rings. The minimum Gasteiger partial charge on any atom is -0.481 e. The Morgan fingerprint density at radius 3 is 2.34 bits per heavy atom. The Morgan fingerprint density at radius 1 is 1.00 bits per heavy atom. The van der Waals surface area contributed by atoms with Gasteiger partial charge in [0.15, 0.2) is 18.7 Å². The topological polar surface area (TPSA) is 79.1 Å². The van der Waals surface area contributed by atoms with Crippen LogP contribution in [0.25, 0.3) is 21.5 Å². The quantitative estimate of drug-likeness (QED) is 0.110. The molecule has 0 bridgehead atoms. The molecule has 0 unspecified atom stereocenters. The van der Waals surface area contributed by atoms with Gasteiger partial charge in [0.25, 0.3) is 6.47 Å². The molecular formula is C34H37N2O5+. The van der Waals surface area contributed by atoms with E-state index in [4.69, 9.17) is 9.47 Å². The van der Waals surface area contributed by atoms with Crippen LogP contribution in [0.3, 0.4) is 0 Å². The van der Waals surface area contributed by atoms with Crippen LogP contribution in [0.1, 0.15) is 39.7 Å². The maximum absolute atomic E-state index is 11.7. The summed E-state index contributed by atoms with van der Waals surface area (Å²) in [5.41, 5.74) is 2.81. The molecule has 3 aromatic carbocycles. The van der Waals surface area contributed by atoms with E-state index in [1.807, 2.05) is 30.4 Å². The van der Waals surface area contributed by atoms with Gasteiger partial charge < -0.3 is 19.5 Å². The van der Waals surface area contributed by atoms with Crippen molar-refractivity contribution in [1.82, 2.24) is 0 Å². The summed E-state index contributed by atoms with van der Waals surface area (Å²) in [6.07, 6.45) is 9.94. The molecule has 2 aliphatic rings. The highest BCUT2D eigenvalue weighted by molar-refractivity contribution is 6.17. The van der Waals surface area contributed by atoms with E-state index in [-0.39, 0.29) is 17.4 Å². The lowest BCUT2D eigenvalue weighted by Crippen LogP contribution is -2.38. The first-order chi connectivity index (χ1) is 19.7. The van der Waals surface area contributed by atoms with E-state index in [1.165, 1.54) is 16.3 Å². The Hall–Kier alpha value is -4.39. The Kier molecular flexibility index (Phi) is 7.72. The van der Waals surface area contributed by atoms with Crippen LogP contribution in [-0.4, -0.2) is 59.9 Å². The van der Waals surface area contributed by atoms with Gasteiger partial charge in [0.05, 0.1) is 12.1 Å². The number of hydrogen-bond acceptors (Lipinski definition) is 5. The van der Waals surface area contributed by atoms with Crippen molar-refractivity contribution in [2.45, 2.75) is 45.1 Å². The molecule has 5 rings (SSSR count). The molecule has 0 saturated carbocycles. The molecule has 2 aliphatic heterocycles. The standard InChI is InChI=1S/C34H36N2O5/c1-33(2)22-41-29(36(33)20-21-40-23-37)17-7-5-6-16-28-34(3,4)31-26-14-10-8-12-24(26)25-13-9-11-15-27(25)32(31)35(28)19-18-30(38)39/h5-17,23H,18-22H2,1-4H3/p+1. The number of carboxylic acids is 1. The van der Waals surface area contributed by atoms with Gasteiger partial charge in [-0.3, -0.25) is 9.59 Å². The van der Waals surface area contributed by atoms with Crippen molar-refractivity contribution in [2.75, 3.05) is 31.2 Å². The van der Waals surface area contributed by atoms with Crippen molar-refractivity contribution in [3.05, 3.63) is 90.2 Å². The van der Waals surface area contributed by atoms with Crippen molar-refractivity contribution in [2.24, 2.45) is 0 Å². The number of fused-ring (bicyclic) bond motifs is 6. The molecule has 2 heterocycles. The zero-order valence-corrected chi connectivity index (χ0v) is 24.1. The summed E-state index contributed by atoms with van der Waals surface area (Å²) in [7, 11) is 0. The van der Waals surface area contributed by atoms with Crippen LogP contribution < -0.4 is 4.90 Å². The minimum absolute atomic E-state index is 0.0345. The van der Waals surface area contributed by atoms with Crippen LogP contribution in [0, 0.1) is 0 Å². The summed E-state index contributed by atoms with van der Waals surface area (Å²) in [6, 6.07) is 16.9. The van der Waals surface area contributed by atoms with E-state index < -0.39 is 5.97 Å². The summed E-state index contributed by atoms with van der Waals surface area (Å²) < 4.78 is 12.9. The van der Waals surface area contributed by atoms with Gasteiger partial charge >= 0.3 is 11.9 Å². The number of carbonyl (C=O) groups is 2. The average Bonchev–Trinajstić information content (AvgIpc) is 3.36. The van der Waals surface area contributed by atoms with E-state index in [9.17, 15) is 14.7 Å². The number of rotatable bonds is 10. The van der Waals surface area contributed by atoms with Gasteiger partial charge in [-0.2, -0.15) is 4.58 Å². The van der Waals surface area contributed by atoms with Crippen LogP contribution in [-0.2, 0) is 24.5 Å². The van der Waals surface area contributed by atoms with Crippen molar-refractivity contribution in [1.29, 1.82) is 0 Å². The number of carboxylic acid groups (broad SMARTS) is 1. The number of allylic oxidation sites excluding steroid dienone is 5. The molecule has 41 heavy (non-hydrogen) atoms. The first-order valence-electron chi connectivity index (χ1n) is 14.0. The molecule has 0 aromatic heterocycles. The predicted molar refractivity (Wildman–Crippen MR) is 163 cm³/mol. The monoisotopic (exact) mass is 553 g/mol. The smallest absolute Gasteiger partial charge is 0.363 e. The third kappa shape index (κ3) is 5.24. The molecule has 0 fully saturated rings. The van der Waals surface area contributed by atoms with Gasteiger partial charge in [0.2, 0.25) is 0 Å². The van der Waals surface area contributed by atoms with E-state index >= 15 is 0 Å². The third-order valence-corrected chi connectivity index (χ3v) is 8.07. The third-order valence-electron chi connectivity index (χ3n) is 8.07. The number of nitrogens with zero attached hydrogens (tertiary/aromatic N) is 2. The normalized spacial score (nSPS) is 18.6. The zero-order valence-electron chi connectivity index (χ0n) is 24.1. The van der Waals surface area contributed by atoms with Gasteiger partial charge in [0.1, 0.15) is 6.61 Å². The molecule has 0 aliphatic carbocycles. The van der Waals surface area contributed by atoms with E-state index in [0.717, 1.165) is 28.1 Å². The summed E-state index contributed by atoms with van der Waals surface area (Å²) in [6.45, 7) is 10.8. The molecule has 7 heteroatoms. The largest absolute Gasteiger partial charge is 0.481 e. The van der Waals surface area contributed by atoms with Gasteiger partial charge in [0, 0.05) is 43.0 Å². The molecule has 0 saturated heterocycles. The summed E-state index contributed by atoms with van der Waals surface area (Å²) in [4.78, 5) is 24.5. The highest BCUT2D eigenvalue weighted by Gasteiger charge is 2.43. The zero-order chi connectivity index (χ0) is 29.2.